The number of fused-ring (bicyclic) bond motifs is 1. The van der Waals surface area contributed by atoms with Gasteiger partial charge in [0.1, 0.15) is 24.7 Å². The van der Waals surface area contributed by atoms with E-state index in [0.29, 0.717) is 32.0 Å². The van der Waals surface area contributed by atoms with Crippen LogP contribution in [0.4, 0.5) is 9.18 Å². The Morgan fingerprint density at radius 3 is 3.00 bits per heavy atom. The van der Waals surface area contributed by atoms with Crippen LogP contribution >= 0.6 is 11.3 Å². The smallest absolute Gasteiger partial charge is 0.317 e. The highest BCUT2D eigenvalue weighted by molar-refractivity contribution is 7.10. The van der Waals surface area contributed by atoms with Crippen molar-refractivity contribution < 1.29 is 23.5 Å². The first-order valence-electron chi connectivity index (χ1n) is 11.4. The highest BCUT2D eigenvalue weighted by Gasteiger charge is 2.34. The molecule has 0 saturated carbocycles. The van der Waals surface area contributed by atoms with Gasteiger partial charge in [-0.15, -0.1) is 11.3 Å². The number of hydrogen-bond acceptors (Lipinski definition) is 5. The number of amides is 3. The van der Waals surface area contributed by atoms with E-state index >= 15 is 0 Å². The Kier molecular flexibility index (Phi) is 7.82. The average Bonchev–Trinajstić information content (AvgIpc) is 3.49. The number of hydrogen-bond donors (Lipinski definition) is 1. The monoisotopic (exact) mass is 475 g/mol. The second-order valence-corrected chi connectivity index (χ2v) is 9.27. The van der Waals surface area contributed by atoms with Gasteiger partial charge in [-0.2, -0.15) is 0 Å². The molecule has 1 fully saturated rings. The Bertz CT molecular complexity index is 963. The van der Waals surface area contributed by atoms with E-state index in [-0.39, 0.29) is 43.1 Å². The van der Waals surface area contributed by atoms with Crippen LogP contribution in [0.25, 0.3) is 0 Å². The lowest BCUT2D eigenvalue weighted by Crippen LogP contribution is -2.51. The number of nitrogens with zero attached hydrogens (tertiary/aromatic N) is 2. The molecule has 1 aromatic heterocycles. The van der Waals surface area contributed by atoms with Crippen molar-refractivity contribution >= 4 is 23.3 Å². The van der Waals surface area contributed by atoms with Crippen molar-refractivity contribution in [2.24, 2.45) is 0 Å². The zero-order chi connectivity index (χ0) is 23.2. The molecule has 1 aromatic carbocycles. The van der Waals surface area contributed by atoms with Crippen LogP contribution in [0.2, 0.25) is 0 Å². The molecule has 7 nitrogen and oxygen atoms in total. The topological polar surface area (TPSA) is 71.1 Å². The maximum absolute atomic E-state index is 13.6. The molecule has 0 aliphatic carbocycles. The van der Waals surface area contributed by atoms with Gasteiger partial charge in [-0.1, -0.05) is 6.07 Å². The van der Waals surface area contributed by atoms with Crippen LogP contribution < -0.4 is 10.1 Å². The third-order valence-corrected chi connectivity index (χ3v) is 7.01. The fraction of sp³-hybridized carbons (Fsp3) is 0.500. The first-order chi connectivity index (χ1) is 16.0. The lowest BCUT2D eigenvalue weighted by Gasteiger charge is -2.37. The maximum atomic E-state index is 13.6. The van der Waals surface area contributed by atoms with Crippen LogP contribution in [0.15, 0.2) is 35.7 Å². The Balaban J connectivity index is 1.48. The molecule has 1 saturated heterocycles. The van der Waals surface area contributed by atoms with Crippen LogP contribution in [0.5, 0.6) is 5.75 Å². The van der Waals surface area contributed by atoms with E-state index in [4.69, 9.17) is 9.47 Å². The summed E-state index contributed by atoms with van der Waals surface area (Å²) in [5.41, 5.74) is 1.06. The molecule has 2 aliphatic heterocycles. The van der Waals surface area contributed by atoms with Gasteiger partial charge in [0.05, 0.1) is 12.1 Å². The van der Waals surface area contributed by atoms with Crippen LogP contribution in [0.1, 0.15) is 36.2 Å². The molecule has 1 N–H and O–H groups in total. The Morgan fingerprint density at radius 2 is 2.24 bits per heavy atom. The molecule has 3 amide bonds. The number of urea groups is 1. The first kappa shape index (κ1) is 23.5. The zero-order valence-electron chi connectivity index (χ0n) is 18.8. The summed E-state index contributed by atoms with van der Waals surface area (Å²) in [6.45, 7) is 4.15. The summed E-state index contributed by atoms with van der Waals surface area (Å²) in [6, 6.07) is 7.46. The predicted molar refractivity (Wildman–Crippen MR) is 124 cm³/mol. The highest BCUT2D eigenvalue weighted by Crippen LogP contribution is 2.34. The highest BCUT2D eigenvalue weighted by atomic mass is 32.1. The summed E-state index contributed by atoms with van der Waals surface area (Å²) in [4.78, 5) is 30.7. The van der Waals surface area contributed by atoms with Crippen molar-refractivity contribution in [1.82, 2.24) is 15.1 Å². The van der Waals surface area contributed by atoms with Gasteiger partial charge in [-0.3, -0.25) is 4.79 Å². The van der Waals surface area contributed by atoms with Gasteiger partial charge >= 0.3 is 6.03 Å². The standard InChI is InChI=1S/C24H30FN3O4S/c1-2-26-24(30)27(14-19-7-4-11-31-19)15-23(29)28-10-8-22-20(9-12-33-22)21(28)16-32-18-6-3-5-17(25)13-18/h3,5-6,9,12-13,19,21H,2,4,7-8,10-11,14-16H2,1H3,(H,26,30)/t19-,21+/m1/s1. The molecular formula is C24H30FN3O4S. The number of halogens is 1. The summed E-state index contributed by atoms with van der Waals surface area (Å²) >= 11 is 1.67. The SMILES string of the molecule is CCNC(=O)N(CC(=O)N1CCc2sccc2[C@@H]1COc1cccc(F)c1)C[C@H]1CCCO1. The maximum Gasteiger partial charge on any atom is 0.317 e. The molecule has 0 radical (unpaired) electrons. The largest absolute Gasteiger partial charge is 0.491 e. The van der Waals surface area contributed by atoms with Gasteiger partial charge in [0.15, 0.2) is 0 Å². The fourth-order valence-electron chi connectivity index (χ4n) is 4.38. The van der Waals surface area contributed by atoms with Crippen LogP contribution in [-0.2, 0) is 16.0 Å². The van der Waals surface area contributed by atoms with Gasteiger partial charge < -0.3 is 24.6 Å². The molecule has 0 spiro atoms. The third-order valence-electron chi connectivity index (χ3n) is 6.01. The fourth-order valence-corrected chi connectivity index (χ4v) is 5.31. The van der Waals surface area contributed by atoms with Gasteiger partial charge in [-0.05, 0) is 55.3 Å². The van der Waals surface area contributed by atoms with E-state index < -0.39 is 0 Å². The minimum absolute atomic E-state index is 0.0262. The van der Waals surface area contributed by atoms with E-state index in [9.17, 15) is 14.0 Å². The number of carbonyl (C=O) groups excluding carboxylic acids is 2. The van der Waals surface area contributed by atoms with E-state index in [0.717, 1.165) is 24.8 Å². The minimum Gasteiger partial charge on any atom is -0.491 e. The summed E-state index contributed by atoms with van der Waals surface area (Å²) in [6.07, 6.45) is 2.57. The molecule has 0 bridgehead atoms. The number of thiophene rings is 1. The second-order valence-electron chi connectivity index (χ2n) is 8.27. The summed E-state index contributed by atoms with van der Waals surface area (Å²) in [5.74, 6) is -0.0805. The van der Waals surface area contributed by atoms with Crippen LogP contribution in [-0.4, -0.2) is 67.2 Å². The molecule has 2 atom stereocenters. The molecule has 0 unspecified atom stereocenters. The Hall–Kier alpha value is -2.65. The number of nitrogens with one attached hydrogen (secondary N) is 1. The van der Waals surface area contributed by atoms with Crippen LogP contribution in [0.3, 0.4) is 0 Å². The minimum atomic E-state index is -0.369. The molecule has 4 rings (SSSR count). The van der Waals surface area contributed by atoms with Crippen molar-refractivity contribution in [1.29, 1.82) is 0 Å². The molecule has 2 aliphatic rings. The van der Waals surface area contributed by atoms with Gasteiger partial charge in [-0.25, -0.2) is 9.18 Å². The molecular weight excluding hydrogens is 445 g/mol. The third kappa shape index (κ3) is 5.83. The van der Waals surface area contributed by atoms with E-state index in [1.807, 2.05) is 18.4 Å². The lowest BCUT2D eigenvalue weighted by molar-refractivity contribution is -0.135. The van der Waals surface area contributed by atoms with Gasteiger partial charge in [0.2, 0.25) is 5.91 Å². The van der Waals surface area contributed by atoms with Crippen molar-refractivity contribution in [3.05, 3.63) is 52.0 Å². The van der Waals surface area contributed by atoms with Crippen molar-refractivity contribution in [3.63, 3.8) is 0 Å². The average molecular weight is 476 g/mol. The normalized spacial score (nSPS) is 19.8. The summed E-state index contributed by atoms with van der Waals surface area (Å²) in [7, 11) is 0. The summed E-state index contributed by atoms with van der Waals surface area (Å²) in [5, 5.41) is 4.82. The molecule has 9 heteroatoms. The Labute approximate surface area is 197 Å². The van der Waals surface area contributed by atoms with Crippen molar-refractivity contribution in [3.8, 4) is 5.75 Å². The van der Waals surface area contributed by atoms with E-state index in [1.165, 1.54) is 17.0 Å². The lowest BCUT2D eigenvalue weighted by atomic mass is 10.0. The van der Waals surface area contributed by atoms with Crippen molar-refractivity contribution in [2.45, 2.75) is 38.3 Å². The number of rotatable bonds is 8. The predicted octanol–water partition coefficient (Wildman–Crippen LogP) is 3.60. The number of carbonyl (C=O) groups is 2. The molecule has 33 heavy (non-hydrogen) atoms. The number of ether oxygens (including phenoxy) is 2. The quantitative estimate of drug-likeness (QED) is 0.633. The second kappa shape index (κ2) is 11.0. The van der Waals surface area contributed by atoms with E-state index in [2.05, 4.69) is 5.32 Å². The molecule has 3 heterocycles. The van der Waals surface area contributed by atoms with Gasteiger partial charge in [0.25, 0.3) is 0 Å². The van der Waals surface area contributed by atoms with Gasteiger partial charge in [0, 0.05) is 37.2 Å². The zero-order valence-corrected chi connectivity index (χ0v) is 19.6. The Morgan fingerprint density at radius 1 is 1.36 bits per heavy atom. The number of benzene rings is 1. The van der Waals surface area contributed by atoms with Crippen molar-refractivity contribution in [2.75, 3.05) is 39.4 Å². The van der Waals surface area contributed by atoms with E-state index in [1.54, 1.807) is 33.3 Å². The van der Waals surface area contributed by atoms with Crippen LogP contribution in [0, 0.1) is 5.82 Å². The molecule has 2 aromatic rings. The first-order valence-corrected chi connectivity index (χ1v) is 12.3. The molecule has 178 valence electrons. The summed E-state index contributed by atoms with van der Waals surface area (Å²) < 4.78 is 25.2.